The van der Waals surface area contributed by atoms with E-state index in [1.165, 1.54) is 0 Å². The molecule has 0 aromatic heterocycles. The third kappa shape index (κ3) is 6.52. The summed E-state index contributed by atoms with van der Waals surface area (Å²) in [6.07, 6.45) is -0.534. The van der Waals surface area contributed by atoms with Gasteiger partial charge in [-0.3, -0.25) is 15.0 Å². The average molecular weight is 390 g/mol. The van der Waals surface area contributed by atoms with Crippen LogP contribution in [0.15, 0.2) is 91.0 Å². The van der Waals surface area contributed by atoms with Gasteiger partial charge in [0, 0.05) is 24.1 Å². The van der Waals surface area contributed by atoms with Crippen molar-refractivity contribution in [2.24, 2.45) is 0 Å². The first-order chi connectivity index (χ1) is 14.1. The lowest BCUT2D eigenvalue weighted by Crippen LogP contribution is -2.47. The predicted molar refractivity (Wildman–Crippen MR) is 114 cm³/mol. The second-order valence-electron chi connectivity index (χ2n) is 7.22. The van der Waals surface area contributed by atoms with Crippen molar-refractivity contribution in [2.75, 3.05) is 6.54 Å². The Labute approximate surface area is 171 Å². The molecule has 0 aliphatic heterocycles. The minimum absolute atomic E-state index is 0.386. The highest BCUT2D eigenvalue weighted by molar-refractivity contribution is 5.20. The lowest BCUT2D eigenvalue weighted by Gasteiger charge is -2.34. The fourth-order valence-corrected chi connectivity index (χ4v) is 3.56. The molecule has 3 aromatic rings. The van der Waals surface area contributed by atoms with Crippen LogP contribution < -0.4 is 0 Å². The number of hydrogen-bond donors (Lipinski definition) is 1. The summed E-state index contributed by atoms with van der Waals surface area (Å²) >= 11 is 0. The van der Waals surface area contributed by atoms with Crippen molar-refractivity contribution in [3.05, 3.63) is 118 Å². The molecule has 150 valence electrons. The Balaban J connectivity index is 1.91. The van der Waals surface area contributed by atoms with Gasteiger partial charge < -0.3 is 5.11 Å². The van der Waals surface area contributed by atoms with Crippen molar-refractivity contribution in [1.82, 2.24) is 4.90 Å². The molecular weight excluding hydrogens is 364 g/mol. The van der Waals surface area contributed by atoms with E-state index in [0.29, 0.717) is 19.5 Å². The van der Waals surface area contributed by atoms with Crippen LogP contribution in [0.4, 0.5) is 0 Å². The third-order valence-corrected chi connectivity index (χ3v) is 4.99. The summed E-state index contributed by atoms with van der Waals surface area (Å²) in [6, 6.07) is 29.5. The Kier molecular flexibility index (Phi) is 7.50. The van der Waals surface area contributed by atoms with Gasteiger partial charge in [-0.25, -0.2) is 0 Å². The summed E-state index contributed by atoms with van der Waals surface area (Å²) in [5.74, 6) is 0. The van der Waals surface area contributed by atoms with Crippen molar-refractivity contribution >= 4 is 0 Å². The fraction of sp³-hybridized carbons (Fsp3) is 0.250. The first-order valence-corrected chi connectivity index (χ1v) is 9.77. The van der Waals surface area contributed by atoms with E-state index in [1.807, 2.05) is 91.0 Å². The van der Waals surface area contributed by atoms with Crippen LogP contribution in [0.3, 0.4) is 0 Å². The topological polar surface area (TPSA) is 66.6 Å². The van der Waals surface area contributed by atoms with Gasteiger partial charge in [-0.1, -0.05) is 91.0 Å². The second kappa shape index (κ2) is 10.5. The minimum atomic E-state index is -1.07. The van der Waals surface area contributed by atoms with Gasteiger partial charge >= 0.3 is 0 Å². The molecule has 0 spiro atoms. The predicted octanol–water partition coefficient (Wildman–Crippen LogP) is 3.94. The van der Waals surface area contributed by atoms with E-state index in [4.69, 9.17) is 0 Å². The van der Waals surface area contributed by atoms with Crippen LogP contribution in [0, 0.1) is 10.1 Å². The van der Waals surface area contributed by atoms with Crippen molar-refractivity contribution in [3.8, 4) is 0 Å². The van der Waals surface area contributed by atoms with E-state index in [9.17, 15) is 15.2 Å². The molecule has 0 unspecified atom stereocenters. The average Bonchev–Trinajstić information content (AvgIpc) is 2.73. The Morgan fingerprint density at radius 1 is 0.759 bits per heavy atom. The van der Waals surface area contributed by atoms with E-state index in [2.05, 4.69) is 4.90 Å². The summed E-state index contributed by atoms with van der Waals surface area (Å²) in [6.45, 7) is 0.724. The van der Waals surface area contributed by atoms with E-state index in [0.717, 1.165) is 16.7 Å². The number of nitrogens with zero attached hydrogens (tertiary/aromatic N) is 2. The second-order valence-corrected chi connectivity index (χ2v) is 7.22. The van der Waals surface area contributed by atoms with Crippen LogP contribution in [-0.4, -0.2) is 33.6 Å². The molecule has 0 amide bonds. The molecule has 0 fully saturated rings. The van der Waals surface area contributed by atoms with Gasteiger partial charge in [0.05, 0.1) is 0 Å². The number of aliphatic hydroxyl groups excluding tert-OH is 1. The van der Waals surface area contributed by atoms with E-state index in [1.54, 1.807) is 0 Å². The number of nitro groups is 1. The van der Waals surface area contributed by atoms with Gasteiger partial charge in [0.15, 0.2) is 0 Å². The SMILES string of the molecule is O=[N+]([O-])C[C@@H](O)[C@@H](Cc1ccccc1)N(Cc1ccccc1)Cc1ccccc1. The fourth-order valence-electron chi connectivity index (χ4n) is 3.56. The standard InChI is InChI=1S/C24H26N2O3/c27-24(19-26(28)29)23(16-20-10-4-1-5-11-20)25(17-21-12-6-2-7-13-21)18-22-14-8-3-9-15-22/h1-15,23-24,27H,16-19H2/t23-,24-/m1/s1. The molecule has 5 heteroatoms. The molecule has 0 saturated carbocycles. The van der Waals surface area contributed by atoms with Crippen LogP contribution >= 0.6 is 0 Å². The molecule has 3 aromatic carbocycles. The molecule has 29 heavy (non-hydrogen) atoms. The maximum absolute atomic E-state index is 11.1. The van der Waals surface area contributed by atoms with E-state index >= 15 is 0 Å². The van der Waals surface area contributed by atoms with Gasteiger partial charge in [0.2, 0.25) is 6.54 Å². The maximum atomic E-state index is 11.1. The largest absolute Gasteiger partial charge is 0.385 e. The van der Waals surface area contributed by atoms with Crippen molar-refractivity contribution in [1.29, 1.82) is 0 Å². The summed E-state index contributed by atoms with van der Waals surface area (Å²) in [5, 5.41) is 21.9. The number of rotatable bonds is 10. The zero-order valence-electron chi connectivity index (χ0n) is 16.3. The molecule has 5 nitrogen and oxygen atoms in total. The van der Waals surface area contributed by atoms with Crippen molar-refractivity contribution in [2.45, 2.75) is 31.7 Å². The number of aliphatic hydroxyl groups is 1. The molecule has 3 rings (SSSR count). The van der Waals surface area contributed by atoms with Gasteiger partial charge in [-0.05, 0) is 23.1 Å². The lowest BCUT2D eigenvalue weighted by molar-refractivity contribution is -0.492. The zero-order chi connectivity index (χ0) is 20.5. The quantitative estimate of drug-likeness (QED) is 0.421. The van der Waals surface area contributed by atoms with Crippen molar-refractivity contribution in [3.63, 3.8) is 0 Å². The molecule has 1 N–H and O–H groups in total. The molecule has 0 saturated heterocycles. The van der Waals surface area contributed by atoms with Crippen LogP contribution in [0.1, 0.15) is 16.7 Å². The highest BCUT2D eigenvalue weighted by Gasteiger charge is 2.30. The normalized spacial score (nSPS) is 13.2. The van der Waals surface area contributed by atoms with Gasteiger partial charge in [-0.2, -0.15) is 0 Å². The Morgan fingerprint density at radius 3 is 1.59 bits per heavy atom. The molecule has 0 aliphatic carbocycles. The lowest BCUT2D eigenvalue weighted by atomic mass is 9.98. The van der Waals surface area contributed by atoms with Crippen LogP contribution in [0.2, 0.25) is 0 Å². The van der Waals surface area contributed by atoms with Crippen LogP contribution in [0.5, 0.6) is 0 Å². The molecule has 0 aliphatic rings. The number of hydrogen-bond acceptors (Lipinski definition) is 4. The van der Waals surface area contributed by atoms with Crippen LogP contribution in [0.25, 0.3) is 0 Å². The molecule has 0 bridgehead atoms. The molecular formula is C24H26N2O3. The zero-order valence-corrected chi connectivity index (χ0v) is 16.3. The summed E-state index contributed by atoms with van der Waals surface area (Å²) in [5.41, 5.74) is 3.26. The monoisotopic (exact) mass is 390 g/mol. The highest BCUT2D eigenvalue weighted by Crippen LogP contribution is 2.20. The number of benzene rings is 3. The summed E-state index contributed by atoms with van der Waals surface area (Å²) < 4.78 is 0. The smallest absolute Gasteiger partial charge is 0.230 e. The first-order valence-electron chi connectivity index (χ1n) is 9.77. The maximum Gasteiger partial charge on any atom is 0.230 e. The highest BCUT2D eigenvalue weighted by atomic mass is 16.6. The van der Waals surface area contributed by atoms with Crippen molar-refractivity contribution < 1.29 is 10.0 Å². The molecule has 0 radical (unpaired) electrons. The van der Waals surface area contributed by atoms with Crippen LogP contribution in [-0.2, 0) is 19.5 Å². The van der Waals surface area contributed by atoms with Gasteiger partial charge in [0.25, 0.3) is 0 Å². The first kappa shape index (κ1) is 20.7. The van der Waals surface area contributed by atoms with Gasteiger partial charge in [0.1, 0.15) is 6.10 Å². The summed E-state index contributed by atoms with van der Waals surface area (Å²) in [7, 11) is 0. The Morgan fingerprint density at radius 2 is 1.17 bits per heavy atom. The van der Waals surface area contributed by atoms with Gasteiger partial charge in [-0.15, -0.1) is 0 Å². The minimum Gasteiger partial charge on any atom is -0.385 e. The third-order valence-electron chi connectivity index (χ3n) is 4.99. The summed E-state index contributed by atoms with van der Waals surface area (Å²) in [4.78, 5) is 12.8. The van der Waals surface area contributed by atoms with E-state index in [-0.39, 0.29) is 6.04 Å². The molecule has 2 atom stereocenters. The Bertz CT molecular complexity index is 831. The Hall–Kier alpha value is -3.02. The molecule has 0 heterocycles. The van der Waals surface area contributed by atoms with E-state index < -0.39 is 17.6 Å².